The Morgan fingerprint density at radius 1 is 1.13 bits per heavy atom. The molecule has 30 heavy (non-hydrogen) atoms. The molecule has 0 aliphatic heterocycles. The molecule has 2 aromatic rings. The Morgan fingerprint density at radius 3 is 2.43 bits per heavy atom. The lowest BCUT2D eigenvalue weighted by Gasteiger charge is -2.35. The van der Waals surface area contributed by atoms with E-state index in [1.165, 1.54) is 19.2 Å². The molecular weight excluding hydrogens is 390 g/mol. The van der Waals surface area contributed by atoms with Crippen LogP contribution in [0.25, 0.3) is 0 Å². The fraction of sp³-hybridized carbons (Fsp3) is 0.273. The Balaban J connectivity index is 1.98. The molecule has 2 aromatic carbocycles. The number of methoxy groups -OCH3 is 1. The van der Waals surface area contributed by atoms with Crippen LogP contribution >= 0.6 is 0 Å². The van der Waals surface area contributed by atoms with Crippen LogP contribution in [-0.2, 0) is 17.6 Å². The van der Waals surface area contributed by atoms with E-state index in [4.69, 9.17) is 10.1 Å². The number of carbonyl (C=O) groups is 3. The zero-order valence-corrected chi connectivity index (χ0v) is 16.1. The van der Waals surface area contributed by atoms with Crippen molar-refractivity contribution in [1.29, 1.82) is 5.41 Å². The molecule has 0 spiro atoms. The van der Waals surface area contributed by atoms with E-state index in [2.05, 4.69) is 0 Å². The van der Waals surface area contributed by atoms with Crippen LogP contribution in [0.5, 0.6) is 17.2 Å². The van der Waals surface area contributed by atoms with Crippen molar-refractivity contribution in [2.75, 3.05) is 13.7 Å². The normalized spacial score (nSPS) is 19.5. The summed E-state index contributed by atoms with van der Waals surface area (Å²) in [6.07, 6.45) is 0.974. The number of ether oxygens (including phenoxy) is 1. The lowest BCUT2D eigenvalue weighted by atomic mass is 9.67. The summed E-state index contributed by atoms with van der Waals surface area (Å²) in [6, 6.07) is 4.51. The van der Waals surface area contributed by atoms with Crippen LogP contribution in [0.3, 0.4) is 0 Å². The van der Waals surface area contributed by atoms with E-state index < -0.39 is 40.9 Å². The molecule has 0 amide bonds. The van der Waals surface area contributed by atoms with Crippen molar-refractivity contribution in [1.82, 2.24) is 0 Å². The molecule has 8 nitrogen and oxygen atoms in total. The number of phenols is 2. The van der Waals surface area contributed by atoms with Crippen molar-refractivity contribution in [2.24, 2.45) is 5.41 Å². The van der Waals surface area contributed by atoms with E-state index in [9.17, 15) is 29.7 Å². The topological polar surface area (TPSA) is 145 Å². The lowest BCUT2D eigenvalue weighted by molar-refractivity contribution is -0.128. The van der Waals surface area contributed by atoms with Gasteiger partial charge in [0.05, 0.1) is 29.2 Å². The number of hydrogen-bond donors (Lipinski definition) is 4. The first-order valence-electron chi connectivity index (χ1n) is 9.33. The molecule has 4 rings (SSSR count). The molecule has 0 radical (unpaired) electrons. The average Bonchev–Trinajstić information content (AvgIpc) is 2.78. The minimum absolute atomic E-state index is 0.0206. The third-order valence-corrected chi connectivity index (χ3v) is 6.12. The van der Waals surface area contributed by atoms with Crippen molar-refractivity contribution < 1.29 is 34.4 Å². The number of carbonyl (C=O) groups excluding carboxylic acids is 3. The fourth-order valence-electron chi connectivity index (χ4n) is 4.46. The number of hydrogen-bond acceptors (Lipinski definition) is 8. The highest BCUT2D eigenvalue weighted by molar-refractivity contribution is 6.31. The highest BCUT2D eigenvalue weighted by atomic mass is 16.5. The van der Waals surface area contributed by atoms with Crippen LogP contribution in [0, 0.1) is 10.8 Å². The second-order valence-electron chi connectivity index (χ2n) is 7.50. The molecular formula is C22H19NO7. The van der Waals surface area contributed by atoms with Gasteiger partial charge < -0.3 is 25.5 Å². The zero-order valence-electron chi connectivity index (χ0n) is 16.1. The number of aliphatic hydroxyl groups excluding tert-OH is 1. The highest BCUT2D eigenvalue weighted by Crippen LogP contribution is 2.49. The smallest absolute Gasteiger partial charge is 0.202 e. The van der Waals surface area contributed by atoms with Crippen LogP contribution in [0.2, 0.25) is 0 Å². The molecule has 0 saturated carbocycles. The van der Waals surface area contributed by atoms with E-state index >= 15 is 0 Å². The molecule has 0 aromatic heterocycles. The maximum Gasteiger partial charge on any atom is 0.202 e. The van der Waals surface area contributed by atoms with E-state index in [1.54, 1.807) is 6.07 Å². The van der Waals surface area contributed by atoms with Crippen LogP contribution in [0.4, 0.5) is 0 Å². The number of Topliss-reactive ketones (excluding diaryl/α,β-unsaturated/α-hetero) is 1. The Kier molecular flexibility index (Phi) is 4.47. The standard InChI is InChI=1S/C22H19NO7/c1-30-13-4-2-3-11-15(13)21(29)17-16(19(11)27)20(28)12-7-22(9-23,14(25)8-24)6-5-10(12)18(17)26/h2-4,9,23-24,26,28H,5-8H2,1H3/t22-/m0/s1. The SMILES string of the molecule is COc1cccc2c1C(=O)c1c(O)c3c(c(O)c1C2=O)C[C@@](C=N)(C(=O)CO)CC3. The van der Waals surface area contributed by atoms with Crippen LogP contribution < -0.4 is 4.74 Å². The molecule has 0 saturated heterocycles. The number of nitrogens with one attached hydrogen (secondary N) is 1. The average molecular weight is 409 g/mol. The Morgan fingerprint density at radius 2 is 1.80 bits per heavy atom. The first kappa shape index (κ1) is 19.8. The van der Waals surface area contributed by atoms with Crippen molar-refractivity contribution in [3.05, 3.63) is 51.6 Å². The summed E-state index contributed by atoms with van der Waals surface area (Å²) in [7, 11) is 1.36. The van der Waals surface area contributed by atoms with Gasteiger partial charge in [-0.25, -0.2) is 0 Å². The van der Waals surface area contributed by atoms with E-state index in [0.29, 0.717) is 0 Å². The van der Waals surface area contributed by atoms with Crippen molar-refractivity contribution in [3.63, 3.8) is 0 Å². The number of aromatic hydroxyl groups is 2. The zero-order chi connectivity index (χ0) is 21.8. The predicted molar refractivity (Wildman–Crippen MR) is 105 cm³/mol. The van der Waals surface area contributed by atoms with Crippen LogP contribution in [0.15, 0.2) is 18.2 Å². The van der Waals surface area contributed by atoms with Gasteiger partial charge in [-0.2, -0.15) is 0 Å². The first-order chi connectivity index (χ1) is 14.3. The number of ketones is 3. The summed E-state index contributed by atoms with van der Waals surface area (Å²) >= 11 is 0. The van der Waals surface area contributed by atoms with Crippen molar-refractivity contribution in [3.8, 4) is 17.2 Å². The van der Waals surface area contributed by atoms with Gasteiger partial charge in [0.15, 0.2) is 11.6 Å². The van der Waals surface area contributed by atoms with E-state index in [0.717, 1.165) is 6.21 Å². The number of rotatable bonds is 4. The van der Waals surface area contributed by atoms with Gasteiger partial charge >= 0.3 is 0 Å². The summed E-state index contributed by atoms with van der Waals surface area (Å²) < 4.78 is 5.21. The Labute approximate surface area is 171 Å². The minimum atomic E-state index is -1.34. The number of benzene rings is 2. The highest BCUT2D eigenvalue weighted by Gasteiger charge is 2.45. The maximum atomic E-state index is 13.2. The number of fused-ring (bicyclic) bond motifs is 3. The van der Waals surface area contributed by atoms with Gasteiger partial charge in [-0.3, -0.25) is 14.4 Å². The monoisotopic (exact) mass is 409 g/mol. The van der Waals surface area contributed by atoms with Crippen LogP contribution in [0.1, 0.15) is 49.4 Å². The molecule has 154 valence electrons. The maximum absolute atomic E-state index is 13.2. The summed E-state index contributed by atoms with van der Waals surface area (Å²) in [5.74, 6) is -2.58. The first-order valence-corrected chi connectivity index (χ1v) is 9.33. The van der Waals surface area contributed by atoms with Gasteiger partial charge in [0.2, 0.25) is 5.78 Å². The summed E-state index contributed by atoms with van der Waals surface area (Å²) in [6.45, 7) is -0.771. The quantitative estimate of drug-likeness (QED) is 0.378. The van der Waals surface area contributed by atoms with Crippen LogP contribution in [-0.4, -0.2) is 52.6 Å². The predicted octanol–water partition coefficient (Wildman–Crippen LogP) is 1.57. The number of phenolic OH excluding ortho intramolecular Hbond substituents is 2. The lowest BCUT2D eigenvalue weighted by Crippen LogP contribution is -2.40. The van der Waals surface area contributed by atoms with Gasteiger partial charge in [-0.05, 0) is 25.3 Å². The largest absolute Gasteiger partial charge is 0.507 e. The third kappa shape index (κ3) is 2.43. The molecule has 2 aliphatic carbocycles. The Hall–Kier alpha value is -3.52. The van der Waals surface area contributed by atoms with Crippen molar-refractivity contribution >= 4 is 23.6 Å². The minimum Gasteiger partial charge on any atom is -0.507 e. The van der Waals surface area contributed by atoms with Gasteiger partial charge in [-0.15, -0.1) is 0 Å². The molecule has 0 bridgehead atoms. The van der Waals surface area contributed by atoms with Crippen molar-refractivity contribution in [2.45, 2.75) is 19.3 Å². The Bertz CT molecular complexity index is 1150. The summed E-state index contributed by atoms with van der Waals surface area (Å²) in [5, 5.41) is 38.9. The molecule has 0 fully saturated rings. The molecule has 0 heterocycles. The second-order valence-corrected chi connectivity index (χ2v) is 7.50. The summed E-state index contributed by atoms with van der Waals surface area (Å²) in [5.41, 5.74) is -1.50. The second kappa shape index (κ2) is 6.77. The van der Waals surface area contributed by atoms with E-state index in [-0.39, 0.29) is 58.4 Å². The van der Waals surface area contributed by atoms with Gasteiger partial charge in [-0.1, -0.05) is 12.1 Å². The van der Waals surface area contributed by atoms with E-state index in [1.807, 2.05) is 0 Å². The molecule has 2 aliphatic rings. The summed E-state index contributed by atoms with van der Waals surface area (Å²) in [4.78, 5) is 38.7. The molecule has 4 N–H and O–H groups in total. The van der Waals surface area contributed by atoms with Gasteiger partial charge in [0.1, 0.15) is 23.9 Å². The molecule has 0 unspecified atom stereocenters. The fourth-order valence-corrected chi connectivity index (χ4v) is 4.46. The molecule has 1 atom stereocenters. The van der Waals surface area contributed by atoms with Gasteiger partial charge in [0, 0.05) is 22.9 Å². The van der Waals surface area contributed by atoms with Gasteiger partial charge in [0.25, 0.3) is 0 Å². The number of aliphatic hydroxyl groups is 1. The molecule has 8 heteroatoms. The third-order valence-electron chi connectivity index (χ3n) is 6.12.